The van der Waals surface area contributed by atoms with E-state index in [2.05, 4.69) is 16.4 Å². The lowest BCUT2D eigenvalue weighted by atomic mass is 10.0. The maximum atomic E-state index is 11.0. The van der Waals surface area contributed by atoms with Crippen molar-refractivity contribution in [3.8, 4) is 0 Å². The van der Waals surface area contributed by atoms with Gasteiger partial charge in [0.1, 0.15) is 0 Å². The van der Waals surface area contributed by atoms with Gasteiger partial charge in [-0.3, -0.25) is 9.78 Å². The number of hydrogen-bond donors (Lipinski definition) is 2. The summed E-state index contributed by atoms with van der Waals surface area (Å²) in [5.41, 5.74) is 7.89. The first kappa shape index (κ1) is 9.86. The van der Waals surface area contributed by atoms with Crippen LogP contribution >= 0.6 is 0 Å². The van der Waals surface area contributed by atoms with Crippen LogP contribution in [0.25, 0.3) is 5.57 Å². The largest absolute Gasteiger partial charge is 0.366 e. The van der Waals surface area contributed by atoms with Crippen LogP contribution in [0.3, 0.4) is 0 Å². The van der Waals surface area contributed by atoms with E-state index in [1.54, 1.807) is 12.3 Å². The van der Waals surface area contributed by atoms with Crippen molar-refractivity contribution in [1.82, 2.24) is 10.3 Å². The molecular weight excluding hydrogens is 190 g/mol. The Morgan fingerprint density at radius 3 is 3.00 bits per heavy atom. The fourth-order valence-corrected chi connectivity index (χ4v) is 1.64. The highest BCUT2D eigenvalue weighted by Crippen LogP contribution is 2.19. The molecule has 1 aromatic rings. The quantitative estimate of drug-likeness (QED) is 0.737. The lowest BCUT2D eigenvalue weighted by Crippen LogP contribution is -2.20. The predicted octanol–water partition coefficient (Wildman–Crippen LogP) is 0.557. The Kier molecular flexibility index (Phi) is 2.78. The summed E-state index contributed by atoms with van der Waals surface area (Å²) in [4.78, 5) is 15.0. The number of pyridine rings is 1. The molecule has 0 bridgehead atoms. The van der Waals surface area contributed by atoms with Gasteiger partial charge >= 0.3 is 0 Å². The minimum Gasteiger partial charge on any atom is -0.366 e. The molecule has 0 saturated carbocycles. The van der Waals surface area contributed by atoms with Crippen LogP contribution < -0.4 is 11.1 Å². The number of nitrogens with zero attached hydrogens (tertiary/aromatic N) is 1. The minimum absolute atomic E-state index is 0.432. The summed E-state index contributed by atoms with van der Waals surface area (Å²) in [6, 6.07) is 1.80. The molecule has 1 aliphatic heterocycles. The highest BCUT2D eigenvalue weighted by Gasteiger charge is 2.08. The van der Waals surface area contributed by atoms with Gasteiger partial charge in [0.2, 0.25) is 5.91 Å². The Labute approximate surface area is 88.2 Å². The van der Waals surface area contributed by atoms with Gasteiger partial charge in [-0.15, -0.1) is 0 Å². The second kappa shape index (κ2) is 4.23. The third kappa shape index (κ3) is 2.22. The van der Waals surface area contributed by atoms with Crippen LogP contribution in [0.1, 0.15) is 22.3 Å². The Hall–Kier alpha value is -1.68. The van der Waals surface area contributed by atoms with Crippen molar-refractivity contribution >= 4 is 11.5 Å². The lowest BCUT2D eigenvalue weighted by Gasteiger charge is -2.14. The first-order valence-electron chi connectivity index (χ1n) is 4.92. The number of rotatable bonds is 2. The number of amides is 1. The maximum Gasteiger partial charge on any atom is 0.250 e. The van der Waals surface area contributed by atoms with Crippen LogP contribution in [-0.2, 0) is 0 Å². The lowest BCUT2D eigenvalue weighted by molar-refractivity contribution is 0.1000. The van der Waals surface area contributed by atoms with Crippen molar-refractivity contribution in [2.75, 3.05) is 13.1 Å². The maximum absolute atomic E-state index is 11.0. The molecule has 4 nitrogen and oxygen atoms in total. The molecule has 1 amide bonds. The molecule has 0 fully saturated rings. The average Bonchev–Trinajstić information content (AvgIpc) is 2.30. The average molecular weight is 203 g/mol. The highest BCUT2D eigenvalue weighted by atomic mass is 16.1. The van der Waals surface area contributed by atoms with E-state index in [-0.39, 0.29) is 0 Å². The number of hydrogen-bond acceptors (Lipinski definition) is 3. The molecule has 1 aromatic heterocycles. The summed E-state index contributed by atoms with van der Waals surface area (Å²) in [6.45, 7) is 1.84. The first-order valence-corrected chi connectivity index (χ1v) is 4.92. The number of primary amides is 1. The van der Waals surface area contributed by atoms with Gasteiger partial charge in [0, 0.05) is 18.9 Å². The topological polar surface area (TPSA) is 68.0 Å². The summed E-state index contributed by atoms with van der Waals surface area (Å²) in [5, 5.41) is 3.23. The van der Waals surface area contributed by atoms with E-state index in [0.717, 1.165) is 25.1 Å². The molecular formula is C11H13N3O. The summed E-state index contributed by atoms with van der Waals surface area (Å²) >= 11 is 0. The summed E-state index contributed by atoms with van der Waals surface area (Å²) in [5.74, 6) is -0.432. The van der Waals surface area contributed by atoms with E-state index in [0.29, 0.717) is 5.56 Å². The summed E-state index contributed by atoms with van der Waals surface area (Å²) < 4.78 is 0. The molecule has 4 heteroatoms. The van der Waals surface area contributed by atoms with Crippen LogP contribution in [-0.4, -0.2) is 24.0 Å². The molecule has 0 aromatic carbocycles. The van der Waals surface area contributed by atoms with Crippen LogP contribution in [0, 0.1) is 0 Å². The van der Waals surface area contributed by atoms with Gasteiger partial charge < -0.3 is 11.1 Å². The SMILES string of the molecule is NC(=O)c1cncc(C2=CCNCC2)c1. The van der Waals surface area contributed by atoms with Crippen molar-refractivity contribution in [1.29, 1.82) is 0 Å². The van der Waals surface area contributed by atoms with Gasteiger partial charge in [-0.25, -0.2) is 0 Å². The Balaban J connectivity index is 2.31. The monoisotopic (exact) mass is 203 g/mol. The smallest absolute Gasteiger partial charge is 0.250 e. The van der Waals surface area contributed by atoms with Gasteiger partial charge in [-0.1, -0.05) is 6.08 Å². The van der Waals surface area contributed by atoms with E-state index in [9.17, 15) is 4.79 Å². The Bertz CT molecular complexity index is 412. The van der Waals surface area contributed by atoms with Gasteiger partial charge in [0.15, 0.2) is 0 Å². The zero-order valence-corrected chi connectivity index (χ0v) is 8.36. The normalized spacial score (nSPS) is 15.9. The van der Waals surface area contributed by atoms with Crippen LogP contribution in [0.2, 0.25) is 0 Å². The van der Waals surface area contributed by atoms with Crippen molar-refractivity contribution in [2.24, 2.45) is 5.73 Å². The van der Waals surface area contributed by atoms with Crippen LogP contribution in [0.15, 0.2) is 24.5 Å². The number of carbonyl (C=O) groups excluding carboxylic acids is 1. The first-order chi connectivity index (χ1) is 7.27. The zero-order valence-electron chi connectivity index (χ0n) is 8.36. The van der Waals surface area contributed by atoms with E-state index in [4.69, 9.17) is 5.73 Å². The standard InChI is InChI=1S/C11H13N3O/c12-11(15)10-5-9(6-14-7-10)8-1-3-13-4-2-8/h1,5-7,13H,2-4H2,(H2,12,15). The molecule has 3 N–H and O–H groups in total. The van der Waals surface area contributed by atoms with Crippen molar-refractivity contribution < 1.29 is 4.79 Å². The van der Waals surface area contributed by atoms with E-state index >= 15 is 0 Å². The number of nitrogens with one attached hydrogen (secondary N) is 1. The molecule has 0 atom stereocenters. The van der Waals surface area contributed by atoms with E-state index in [1.165, 1.54) is 11.8 Å². The molecule has 0 aliphatic carbocycles. The fourth-order valence-electron chi connectivity index (χ4n) is 1.64. The number of carbonyl (C=O) groups is 1. The second-order valence-corrected chi connectivity index (χ2v) is 3.51. The second-order valence-electron chi connectivity index (χ2n) is 3.51. The van der Waals surface area contributed by atoms with Gasteiger partial charge in [0.05, 0.1) is 5.56 Å². The third-order valence-electron chi connectivity index (χ3n) is 2.46. The van der Waals surface area contributed by atoms with Crippen molar-refractivity contribution in [2.45, 2.75) is 6.42 Å². The Morgan fingerprint density at radius 1 is 1.47 bits per heavy atom. The van der Waals surface area contributed by atoms with Crippen LogP contribution in [0.4, 0.5) is 0 Å². The zero-order chi connectivity index (χ0) is 10.7. The molecule has 78 valence electrons. The highest BCUT2D eigenvalue weighted by molar-refractivity contribution is 5.93. The van der Waals surface area contributed by atoms with Crippen molar-refractivity contribution in [3.05, 3.63) is 35.7 Å². The predicted molar refractivity (Wildman–Crippen MR) is 58.2 cm³/mol. The van der Waals surface area contributed by atoms with Crippen LogP contribution in [0.5, 0.6) is 0 Å². The third-order valence-corrected chi connectivity index (χ3v) is 2.46. The summed E-state index contributed by atoms with van der Waals surface area (Å²) in [6.07, 6.45) is 6.34. The molecule has 0 unspecified atom stereocenters. The molecule has 2 heterocycles. The fraction of sp³-hybridized carbons (Fsp3) is 0.273. The molecule has 0 spiro atoms. The molecule has 2 rings (SSSR count). The minimum atomic E-state index is -0.432. The van der Waals surface area contributed by atoms with E-state index in [1.807, 2.05) is 0 Å². The van der Waals surface area contributed by atoms with Gasteiger partial charge in [-0.2, -0.15) is 0 Å². The Morgan fingerprint density at radius 2 is 2.33 bits per heavy atom. The molecule has 15 heavy (non-hydrogen) atoms. The summed E-state index contributed by atoms with van der Waals surface area (Å²) in [7, 11) is 0. The van der Waals surface area contributed by atoms with Gasteiger partial charge in [-0.05, 0) is 30.2 Å². The number of aromatic nitrogens is 1. The molecule has 0 saturated heterocycles. The van der Waals surface area contributed by atoms with Gasteiger partial charge in [0.25, 0.3) is 0 Å². The molecule has 0 radical (unpaired) electrons. The number of nitrogens with two attached hydrogens (primary N) is 1. The molecule has 1 aliphatic rings. The van der Waals surface area contributed by atoms with Crippen molar-refractivity contribution in [3.63, 3.8) is 0 Å². The van der Waals surface area contributed by atoms with E-state index < -0.39 is 5.91 Å².